The van der Waals surface area contributed by atoms with Crippen molar-refractivity contribution < 1.29 is 9.47 Å². The number of nitrogens with one attached hydrogen (secondary N) is 1. The lowest BCUT2D eigenvalue weighted by Crippen LogP contribution is -2.72. The lowest BCUT2D eigenvalue weighted by molar-refractivity contribution is -0.0669. The molecule has 0 aliphatic carbocycles. The van der Waals surface area contributed by atoms with E-state index in [4.69, 9.17) is 9.47 Å². The number of methoxy groups -OCH3 is 1. The molecule has 19 heavy (non-hydrogen) atoms. The van der Waals surface area contributed by atoms with Crippen LogP contribution in [0, 0.1) is 5.41 Å². The van der Waals surface area contributed by atoms with Crippen LogP contribution in [0.25, 0.3) is 0 Å². The van der Waals surface area contributed by atoms with Crippen LogP contribution in [-0.4, -0.2) is 63.5 Å². The van der Waals surface area contributed by atoms with Crippen molar-refractivity contribution in [2.45, 2.75) is 33.2 Å². The van der Waals surface area contributed by atoms with E-state index >= 15 is 0 Å². The van der Waals surface area contributed by atoms with Gasteiger partial charge in [-0.15, -0.1) is 0 Å². The third kappa shape index (κ3) is 3.60. The van der Waals surface area contributed by atoms with E-state index in [1.54, 1.807) is 7.11 Å². The first-order valence-corrected chi connectivity index (χ1v) is 6.92. The molecule has 1 aliphatic rings. The topological polar surface area (TPSA) is 46.1 Å². The molecule has 0 amide bonds. The SMILES string of the molecule is CN=C(NCCOCCOC)N1CC(C)(C)C1(C)C. The first kappa shape index (κ1) is 16.2. The summed E-state index contributed by atoms with van der Waals surface area (Å²) >= 11 is 0. The number of nitrogens with zero attached hydrogens (tertiary/aromatic N) is 2. The Labute approximate surface area is 117 Å². The van der Waals surface area contributed by atoms with E-state index in [9.17, 15) is 0 Å². The van der Waals surface area contributed by atoms with Gasteiger partial charge in [0.05, 0.1) is 19.8 Å². The highest BCUT2D eigenvalue weighted by molar-refractivity contribution is 5.81. The summed E-state index contributed by atoms with van der Waals surface area (Å²) in [6.45, 7) is 12.9. The molecule has 0 saturated carbocycles. The van der Waals surface area contributed by atoms with Gasteiger partial charge in [0.1, 0.15) is 0 Å². The number of rotatable bonds is 6. The third-order valence-corrected chi connectivity index (χ3v) is 4.31. The Kier molecular flexibility index (Phi) is 5.62. The maximum absolute atomic E-state index is 5.43. The van der Waals surface area contributed by atoms with Crippen molar-refractivity contribution in [3.63, 3.8) is 0 Å². The lowest BCUT2D eigenvalue weighted by Gasteiger charge is -2.62. The summed E-state index contributed by atoms with van der Waals surface area (Å²) < 4.78 is 10.4. The molecule has 0 aromatic rings. The Morgan fingerprint density at radius 2 is 1.89 bits per heavy atom. The smallest absolute Gasteiger partial charge is 0.194 e. The van der Waals surface area contributed by atoms with Crippen molar-refractivity contribution in [3.8, 4) is 0 Å². The predicted octanol–water partition coefficient (Wildman–Crippen LogP) is 1.35. The van der Waals surface area contributed by atoms with Crippen molar-refractivity contribution in [1.82, 2.24) is 10.2 Å². The standard InChI is InChI=1S/C14H29N3O2/c1-13(2)11-17(14(13,3)4)12(15-5)16-7-8-19-10-9-18-6/h7-11H2,1-6H3,(H,15,16). The van der Waals surface area contributed by atoms with Crippen LogP contribution >= 0.6 is 0 Å². The first-order valence-electron chi connectivity index (χ1n) is 6.92. The molecule has 5 heteroatoms. The fourth-order valence-corrected chi connectivity index (χ4v) is 2.17. The van der Waals surface area contributed by atoms with Crippen LogP contribution in [0.1, 0.15) is 27.7 Å². The Balaban J connectivity index is 2.32. The lowest BCUT2D eigenvalue weighted by atomic mass is 9.65. The molecule has 1 fully saturated rings. The van der Waals surface area contributed by atoms with E-state index in [-0.39, 0.29) is 5.54 Å². The van der Waals surface area contributed by atoms with Gasteiger partial charge in [0.25, 0.3) is 0 Å². The summed E-state index contributed by atoms with van der Waals surface area (Å²) in [6, 6.07) is 0. The second-order valence-corrected chi connectivity index (χ2v) is 6.11. The van der Waals surface area contributed by atoms with E-state index in [0.29, 0.717) is 25.2 Å². The summed E-state index contributed by atoms with van der Waals surface area (Å²) in [5, 5.41) is 3.35. The number of guanidine groups is 1. The monoisotopic (exact) mass is 271 g/mol. The van der Waals surface area contributed by atoms with Crippen molar-refractivity contribution in [3.05, 3.63) is 0 Å². The molecule has 0 unspecified atom stereocenters. The molecule has 0 aromatic carbocycles. The molecule has 0 atom stereocenters. The third-order valence-electron chi connectivity index (χ3n) is 4.31. The van der Waals surface area contributed by atoms with Gasteiger partial charge in [0.2, 0.25) is 0 Å². The van der Waals surface area contributed by atoms with E-state index < -0.39 is 0 Å². The minimum atomic E-state index is 0.131. The second kappa shape index (κ2) is 6.57. The van der Waals surface area contributed by atoms with E-state index in [2.05, 4.69) is 42.9 Å². The highest BCUT2D eigenvalue weighted by Gasteiger charge is 2.53. The molecular weight excluding hydrogens is 242 g/mol. The van der Waals surface area contributed by atoms with Crippen molar-refractivity contribution in [2.75, 3.05) is 47.1 Å². The Hall–Kier alpha value is -0.810. The molecule has 5 nitrogen and oxygen atoms in total. The van der Waals surface area contributed by atoms with Crippen LogP contribution in [0.5, 0.6) is 0 Å². The Morgan fingerprint density at radius 3 is 2.37 bits per heavy atom. The highest BCUT2D eigenvalue weighted by Crippen LogP contribution is 2.46. The van der Waals surface area contributed by atoms with E-state index in [1.165, 1.54) is 0 Å². The maximum atomic E-state index is 5.43. The van der Waals surface area contributed by atoms with Crippen LogP contribution in [0.2, 0.25) is 0 Å². The van der Waals surface area contributed by atoms with Crippen LogP contribution < -0.4 is 5.32 Å². The molecule has 1 N–H and O–H groups in total. The molecule has 1 rings (SSSR count). The number of hydrogen-bond donors (Lipinski definition) is 1. The van der Waals surface area contributed by atoms with Gasteiger partial charge in [0, 0.05) is 38.2 Å². The Morgan fingerprint density at radius 1 is 1.21 bits per heavy atom. The zero-order valence-electron chi connectivity index (χ0n) is 13.2. The molecule has 112 valence electrons. The average Bonchev–Trinajstić information content (AvgIpc) is 2.36. The molecule has 1 heterocycles. The number of ether oxygens (including phenoxy) is 2. The van der Waals surface area contributed by atoms with Gasteiger partial charge in [-0.05, 0) is 13.8 Å². The molecule has 1 saturated heterocycles. The molecule has 0 aromatic heterocycles. The van der Waals surface area contributed by atoms with Crippen molar-refractivity contribution in [2.24, 2.45) is 10.4 Å². The minimum Gasteiger partial charge on any atom is -0.382 e. The fourth-order valence-electron chi connectivity index (χ4n) is 2.17. The van der Waals surface area contributed by atoms with E-state index in [0.717, 1.165) is 19.0 Å². The molecular formula is C14H29N3O2. The summed E-state index contributed by atoms with van der Waals surface area (Å²) in [6.07, 6.45) is 0. The number of hydrogen-bond acceptors (Lipinski definition) is 3. The molecule has 0 bridgehead atoms. The summed E-state index contributed by atoms with van der Waals surface area (Å²) in [5.74, 6) is 0.958. The summed E-state index contributed by atoms with van der Waals surface area (Å²) in [4.78, 5) is 6.68. The van der Waals surface area contributed by atoms with Gasteiger partial charge in [-0.1, -0.05) is 13.8 Å². The van der Waals surface area contributed by atoms with Gasteiger partial charge < -0.3 is 19.7 Å². The van der Waals surface area contributed by atoms with Gasteiger partial charge >= 0.3 is 0 Å². The zero-order valence-corrected chi connectivity index (χ0v) is 13.2. The van der Waals surface area contributed by atoms with Gasteiger partial charge in [-0.3, -0.25) is 4.99 Å². The quantitative estimate of drug-likeness (QED) is 0.450. The van der Waals surface area contributed by atoms with Gasteiger partial charge in [-0.2, -0.15) is 0 Å². The molecule has 1 aliphatic heterocycles. The van der Waals surface area contributed by atoms with Gasteiger partial charge in [-0.25, -0.2) is 0 Å². The van der Waals surface area contributed by atoms with Gasteiger partial charge in [0.15, 0.2) is 5.96 Å². The van der Waals surface area contributed by atoms with Crippen molar-refractivity contribution in [1.29, 1.82) is 0 Å². The highest BCUT2D eigenvalue weighted by atomic mass is 16.5. The molecule has 0 radical (unpaired) electrons. The number of likely N-dealkylation sites (tertiary alicyclic amines) is 1. The van der Waals surface area contributed by atoms with Crippen LogP contribution in [-0.2, 0) is 9.47 Å². The zero-order chi connectivity index (χ0) is 14.5. The van der Waals surface area contributed by atoms with E-state index in [1.807, 2.05) is 7.05 Å². The Bertz CT molecular complexity index is 314. The first-order chi connectivity index (χ1) is 8.86. The van der Waals surface area contributed by atoms with Crippen LogP contribution in [0.3, 0.4) is 0 Å². The number of aliphatic imine (C=N–C) groups is 1. The van der Waals surface area contributed by atoms with Crippen LogP contribution in [0.15, 0.2) is 4.99 Å². The second-order valence-electron chi connectivity index (χ2n) is 6.11. The predicted molar refractivity (Wildman–Crippen MR) is 78.6 cm³/mol. The van der Waals surface area contributed by atoms with Crippen molar-refractivity contribution >= 4 is 5.96 Å². The summed E-state index contributed by atoms with van der Waals surface area (Å²) in [7, 11) is 3.51. The fraction of sp³-hybridized carbons (Fsp3) is 0.929. The normalized spacial score (nSPS) is 21.2. The largest absolute Gasteiger partial charge is 0.382 e. The average molecular weight is 271 g/mol. The molecule has 0 spiro atoms. The summed E-state index contributed by atoms with van der Waals surface area (Å²) in [5.41, 5.74) is 0.450. The maximum Gasteiger partial charge on any atom is 0.194 e. The van der Waals surface area contributed by atoms with Crippen LogP contribution in [0.4, 0.5) is 0 Å². The minimum absolute atomic E-state index is 0.131.